The molecule has 22 heavy (non-hydrogen) atoms. The van der Waals surface area contributed by atoms with Crippen LogP contribution in [0.1, 0.15) is 15.8 Å². The van der Waals surface area contributed by atoms with Crippen LogP contribution in [-0.2, 0) is 11.1 Å². The highest BCUT2D eigenvalue weighted by Gasteiger charge is 2.29. The van der Waals surface area contributed by atoms with Crippen molar-refractivity contribution in [1.29, 1.82) is 0 Å². The van der Waals surface area contributed by atoms with E-state index in [9.17, 15) is 13.9 Å². The third kappa shape index (κ3) is 2.52. The average molecular weight is 357 g/mol. The minimum Gasteiger partial charge on any atom is -0.505 e. The number of halogens is 1. The second-order valence-corrected chi connectivity index (χ2v) is 6.56. The summed E-state index contributed by atoms with van der Waals surface area (Å²) >= 11 is 4.73. The number of fused-ring (bicyclic) bond motifs is 1. The first-order valence-electron chi connectivity index (χ1n) is 5.94. The maximum absolute atomic E-state index is 11.7. The normalized spacial score (nSPS) is 14.1. The number of phenolic OH excluding ortho intramolecular Hbond substituents is 1. The zero-order valence-electron chi connectivity index (χ0n) is 10.8. The third-order valence-electron chi connectivity index (χ3n) is 3.01. The van der Waals surface area contributed by atoms with E-state index in [0.29, 0.717) is 10.4 Å². The first kappa shape index (κ1) is 15.1. The third-order valence-corrected chi connectivity index (χ3v) is 5.15. The lowest BCUT2D eigenvalue weighted by atomic mass is 10.1. The topological polar surface area (TPSA) is 122 Å². The molecule has 0 spiro atoms. The molecule has 0 aliphatic carbocycles. The quantitative estimate of drug-likeness (QED) is 0.615. The van der Waals surface area contributed by atoms with Gasteiger partial charge in [-0.2, -0.15) is 4.37 Å². The zero-order chi connectivity index (χ0) is 15.9. The van der Waals surface area contributed by atoms with Gasteiger partial charge in [0.1, 0.15) is 21.5 Å². The summed E-state index contributed by atoms with van der Waals surface area (Å²) < 4.78 is 25.1. The Hall–Kier alpha value is -1.81. The van der Waals surface area contributed by atoms with Gasteiger partial charge in [-0.3, -0.25) is 4.98 Å². The van der Waals surface area contributed by atoms with Gasteiger partial charge in [0.05, 0.1) is 5.02 Å². The van der Waals surface area contributed by atoms with Crippen molar-refractivity contribution < 1.29 is 13.9 Å². The highest BCUT2D eigenvalue weighted by Crippen LogP contribution is 2.40. The van der Waals surface area contributed by atoms with E-state index in [2.05, 4.69) is 14.3 Å². The molecule has 0 aliphatic rings. The van der Waals surface area contributed by atoms with E-state index >= 15 is 0 Å². The van der Waals surface area contributed by atoms with Crippen LogP contribution in [0.4, 0.5) is 5.95 Å². The van der Waals surface area contributed by atoms with Crippen molar-refractivity contribution in [2.75, 3.05) is 5.73 Å². The molecule has 0 radical (unpaired) electrons. The van der Waals surface area contributed by atoms with Gasteiger partial charge in [0.25, 0.3) is 0 Å². The Bertz CT molecular complexity index is 886. The van der Waals surface area contributed by atoms with Gasteiger partial charge in [-0.25, -0.2) is 9.19 Å². The van der Waals surface area contributed by atoms with Gasteiger partial charge in [-0.15, -0.1) is 0 Å². The van der Waals surface area contributed by atoms with E-state index in [-0.39, 0.29) is 27.8 Å². The summed E-state index contributed by atoms with van der Waals surface area (Å²) in [6.45, 7) is 0. The molecular weight excluding hydrogens is 348 g/mol. The van der Waals surface area contributed by atoms with Crippen molar-refractivity contribution in [3.8, 4) is 5.75 Å². The molecule has 0 aliphatic heterocycles. The molecule has 3 aromatic rings. The van der Waals surface area contributed by atoms with E-state index < -0.39 is 16.3 Å². The maximum atomic E-state index is 11.7. The minimum absolute atomic E-state index is 0.0000455. The predicted molar refractivity (Wildman–Crippen MR) is 85.4 cm³/mol. The molecule has 0 amide bonds. The fourth-order valence-corrected chi connectivity index (χ4v) is 3.94. The lowest BCUT2D eigenvalue weighted by Crippen LogP contribution is -2.08. The van der Waals surface area contributed by atoms with Crippen LogP contribution in [0, 0.1) is 0 Å². The van der Waals surface area contributed by atoms with Gasteiger partial charge in [0.15, 0.2) is 11.1 Å². The Labute approximate surface area is 136 Å². The molecule has 0 saturated heterocycles. The Morgan fingerprint density at radius 3 is 2.86 bits per heavy atom. The number of phenols is 1. The monoisotopic (exact) mass is 356 g/mol. The number of pyridine rings is 1. The van der Waals surface area contributed by atoms with Crippen molar-refractivity contribution in [2.24, 2.45) is 0 Å². The largest absolute Gasteiger partial charge is 0.505 e. The smallest absolute Gasteiger partial charge is 0.232 e. The van der Waals surface area contributed by atoms with Gasteiger partial charge >= 0.3 is 0 Å². The van der Waals surface area contributed by atoms with Crippen LogP contribution < -0.4 is 5.73 Å². The molecule has 2 atom stereocenters. The summed E-state index contributed by atoms with van der Waals surface area (Å²) in [6, 6.07) is 4.81. The predicted octanol–water partition coefficient (Wildman–Crippen LogP) is 2.34. The molecule has 2 aromatic heterocycles. The summed E-state index contributed by atoms with van der Waals surface area (Å²) in [4.78, 5) is 7.99. The number of benzene rings is 1. The van der Waals surface area contributed by atoms with Gasteiger partial charge in [0.2, 0.25) is 5.95 Å². The second-order valence-electron chi connectivity index (χ2n) is 4.34. The highest BCUT2D eigenvalue weighted by atomic mass is 35.5. The van der Waals surface area contributed by atoms with Crippen molar-refractivity contribution in [2.45, 2.75) is 5.25 Å². The maximum Gasteiger partial charge on any atom is 0.232 e. The summed E-state index contributed by atoms with van der Waals surface area (Å²) in [5, 5.41) is 10.4. The number of nitrogens with zero attached hydrogens (tertiary/aromatic N) is 3. The lowest BCUT2D eigenvalue weighted by molar-refractivity contribution is 0.472. The first-order valence-corrected chi connectivity index (χ1v) is 8.26. The van der Waals surface area contributed by atoms with Crippen LogP contribution >= 0.6 is 23.1 Å². The number of nitrogen functional groups attached to an aromatic ring is 1. The van der Waals surface area contributed by atoms with Gasteiger partial charge in [0, 0.05) is 17.1 Å². The van der Waals surface area contributed by atoms with Gasteiger partial charge in [-0.1, -0.05) is 11.6 Å². The van der Waals surface area contributed by atoms with Crippen molar-refractivity contribution in [3.63, 3.8) is 0 Å². The number of anilines is 1. The molecule has 114 valence electrons. The second kappa shape index (κ2) is 5.76. The van der Waals surface area contributed by atoms with Crippen LogP contribution in [0.5, 0.6) is 5.75 Å². The van der Waals surface area contributed by atoms with Crippen LogP contribution in [0.2, 0.25) is 5.02 Å². The number of hydrogen-bond donors (Lipinski definition) is 3. The summed E-state index contributed by atoms with van der Waals surface area (Å²) in [6.07, 6.45) is 1.50. The SMILES string of the molecule is Nc1nsc(C(c2cc(Cl)c3cccnc3c2O)S(=O)O)n1. The number of aromatic hydroxyl groups is 1. The Morgan fingerprint density at radius 2 is 2.23 bits per heavy atom. The van der Waals surface area contributed by atoms with E-state index in [4.69, 9.17) is 17.3 Å². The molecular formula is C12H9ClN4O3S2. The lowest BCUT2D eigenvalue weighted by Gasteiger charge is -2.14. The fraction of sp³-hybridized carbons (Fsp3) is 0.0833. The number of rotatable bonds is 3. The van der Waals surface area contributed by atoms with Crippen LogP contribution in [-0.4, -0.2) is 28.2 Å². The van der Waals surface area contributed by atoms with Crippen molar-refractivity contribution in [3.05, 3.63) is 40.0 Å². The first-order chi connectivity index (χ1) is 10.5. The standard InChI is InChI=1S/C12H9ClN4O3S2/c13-7-4-6(9(18)8-5(7)2-1-3-15-8)10(22(19)20)11-16-12(14)17-21-11/h1-4,10,18H,(H2,14,17)(H,19,20). The highest BCUT2D eigenvalue weighted by molar-refractivity contribution is 7.79. The van der Waals surface area contributed by atoms with Crippen LogP contribution in [0.3, 0.4) is 0 Å². The summed E-state index contributed by atoms with van der Waals surface area (Å²) in [5.41, 5.74) is 5.85. The molecule has 2 unspecified atom stereocenters. The number of nitrogens with two attached hydrogens (primary N) is 1. The van der Waals surface area contributed by atoms with Gasteiger partial charge < -0.3 is 15.4 Å². The van der Waals surface area contributed by atoms with Crippen LogP contribution in [0.15, 0.2) is 24.4 Å². The van der Waals surface area contributed by atoms with Crippen molar-refractivity contribution in [1.82, 2.24) is 14.3 Å². The van der Waals surface area contributed by atoms with E-state index in [1.807, 2.05) is 0 Å². The minimum atomic E-state index is -2.35. The summed E-state index contributed by atoms with van der Waals surface area (Å²) in [7, 11) is 0. The molecule has 0 fully saturated rings. The molecule has 1 aromatic carbocycles. The Morgan fingerprint density at radius 1 is 1.45 bits per heavy atom. The molecule has 7 nitrogen and oxygen atoms in total. The average Bonchev–Trinajstić information content (AvgIpc) is 2.90. The van der Waals surface area contributed by atoms with Gasteiger partial charge in [-0.05, 0) is 29.7 Å². The van der Waals surface area contributed by atoms with Crippen molar-refractivity contribution >= 4 is 51.1 Å². The molecule has 0 saturated carbocycles. The molecule has 0 bridgehead atoms. The number of aromatic nitrogens is 3. The zero-order valence-corrected chi connectivity index (χ0v) is 13.2. The van der Waals surface area contributed by atoms with E-state index in [1.165, 1.54) is 12.3 Å². The van der Waals surface area contributed by atoms with E-state index in [1.54, 1.807) is 12.1 Å². The Kier molecular flexibility index (Phi) is 3.96. The molecule has 2 heterocycles. The fourth-order valence-electron chi connectivity index (χ4n) is 2.09. The molecule has 10 heteroatoms. The van der Waals surface area contributed by atoms with E-state index in [0.717, 1.165) is 11.5 Å². The summed E-state index contributed by atoms with van der Waals surface area (Å²) in [5.74, 6) is -0.221. The van der Waals surface area contributed by atoms with Crippen LogP contribution in [0.25, 0.3) is 10.9 Å². The number of hydrogen-bond acceptors (Lipinski definition) is 7. The molecule has 4 N–H and O–H groups in total. The Balaban J connectivity index is 2.27. The molecule has 3 rings (SSSR count).